The molecule has 6 heterocycles. The minimum atomic E-state index is -0.839. The second kappa shape index (κ2) is 19.5. The van der Waals surface area contributed by atoms with Crippen molar-refractivity contribution in [3.8, 4) is 0 Å². The summed E-state index contributed by atoms with van der Waals surface area (Å²) in [6.45, 7) is 0. The third-order valence-corrected chi connectivity index (χ3v) is 10.4. The molecule has 0 bridgehead atoms. The van der Waals surface area contributed by atoms with Gasteiger partial charge >= 0.3 is 5.63 Å². The largest absolute Gasteiger partial charge is 0.431 e. The molecule has 0 spiro atoms. The summed E-state index contributed by atoms with van der Waals surface area (Å²) in [5.74, 6) is -2.29. The van der Waals surface area contributed by atoms with Gasteiger partial charge in [0.25, 0.3) is 22.5 Å². The molecule has 6 amide bonds. The quantitative estimate of drug-likeness (QED) is 0.0730. The molecule has 9 rings (SSSR count). The molecule has 23 heteroatoms. The van der Waals surface area contributed by atoms with E-state index in [4.69, 9.17) is 11.5 Å². The van der Waals surface area contributed by atoms with Crippen LogP contribution in [0.15, 0.2) is 110 Å². The fourth-order valence-electron chi connectivity index (χ4n) is 7.17. The van der Waals surface area contributed by atoms with E-state index in [1.54, 1.807) is 48.7 Å². The van der Waals surface area contributed by atoms with Gasteiger partial charge in [0.15, 0.2) is 0 Å². The predicted molar refractivity (Wildman–Crippen MR) is 230 cm³/mol. The van der Waals surface area contributed by atoms with Gasteiger partial charge < -0.3 is 25.0 Å². The second-order valence-corrected chi connectivity index (χ2v) is 14.6. The van der Waals surface area contributed by atoms with Crippen LogP contribution in [0.4, 0.5) is 17.1 Å². The van der Waals surface area contributed by atoms with E-state index < -0.39 is 51.0 Å². The standard InChI is InChI=1S/C14H11N3O5.C14H13N3O3.C9H5NO4.C5H8N2O2/c18-11-5-4-10(13(19)15-11)16-7-6-8-2-1-3-9(17(21)22)12(8)14(16)20;15-9-3-1-2-8-6-7-17(14(20)12(8)9)10-4-5-11(18)16-13(10)19;11-9-8-6(4-5-14-9)2-1-3-7(8)10(12)13;6-3-1-2-4(8)7-5(3)9/h1-3,6-7,10H,4-5H2,(H,15,18,19);1-3,6-7,10H,4-5,15H2,(H,16,18,19);1-5H;3H,1-2,6H2,(H,7,8,9). The Labute approximate surface area is 363 Å². The number of benzene rings is 3. The molecule has 0 radical (unpaired) electrons. The number of nitrogens with zero attached hydrogens (tertiary/aromatic N) is 4. The highest BCUT2D eigenvalue weighted by atomic mass is 16.6. The van der Waals surface area contributed by atoms with E-state index in [0.717, 1.165) is 9.95 Å². The Balaban J connectivity index is 0.000000150. The van der Waals surface area contributed by atoms with Crippen molar-refractivity contribution in [1.29, 1.82) is 0 Å². The van der Waals surface area contributed by atoms with Gasteiger partial charge in [-0.2, -0.15) is 0 Å². The van der Waals surface area contributed by atoms with Gasteiger partial charge in [-0.3, -0.25) is 74.5 Å². The predicted octanol–water partition coefficient (Wildman–Crippen LogP) is 1.90. The zero-order valence-corrected chi connectivity index (χ0v) is 33.8. The maximum Gasteiger partial charge on any atom is 0.350 e. The molecule has 334 valence electrons. The number of aromatic nitrogens is 2. The summed E-state index contributed by atoms with van der Waals surface area (Å²) < 4.78 is 7.07. The van der Waals surface area contributed by atoms with Crippen LogP contribution in [0, 0.1) is 20.2 Å². The summed E-state index contributed by atoms with van der Waals surface area (Å²) in [5.41, 5.74) is 9.37. The zero-order valence-electron chi connectivity index (χ0n) is 33.8. The highest BCUT2D eigenvalue weighted by Gasteiger charge is 2.31. The van der Waals surface area contributed by atoms with Gasteiger partial charge in [0, 0.05) is 49.5 Å². The molecule has 7 N–H and O–H groups in total. The molecule has 0 saturated carbocycles. The molecule has 3 unspecified atom stereocenters. The Morgan fingerprint density at radius 2 is 0.985 bits per heavy atom. The first-order valence-corrected chi connectivity index (χ1v) is 19.6. The monoisotopic (exact) mass is 891 g/mol. The summed E-state index contributed by atoms with van der Waals surface area (Å²) in [6.07, 6.45) is 5.92. The second-order valence-electron chi connectivity index (χ2n) is 14.6. The minimum Gasteiger partial charge on any atom is -0.431 e. The number of anilines is 1. The molecule has 3 fully saturated rings. The first kappa shape index (κ1) is 45.8. The summed E-state index contributed by atoms with van der Waals surface area (Å²) in [7, 11) is 0. The Morgan fingerprint density at radius 1 is 0.554 bits per heavy atom. The first-order valence-electron chi connectivity index (χ1n) is 19.6. The number of nitrogens with one attached hydrogen (secondary N) is 3. The van der Waals surface area contributed by atoms with Crippen molar-refractivity contribution in [1.82, 2.24) is 25.1 Å². The van der Waals surface area contributed by atoms with Crippen LogP contribution in [0.1, 0.15) is 50.6 Å². The lowest BCUT2D eigenvalue weighted by atomic mass is 10.0. The number of rotatable bonds is 4. The molecule has 3 atom stereocenters. The number of non-ortho nitro benzene ring substituents is 2. The van der Waals surface area contributed by atoms with Gasteiger partial charge in [0.2, 0.25) is 35.4 Å². The van der Waals surface area contributed by atoms with E-state index in [9.17, 15) is 63.4 Å². The van der Waals surface area contributed by atoms with Crippen molar-refractivity contribution < 1.29 is 43.0 Å². The highest BCUT2D eigenvalue weighted by Crippen LogP contribution is 2.25. The highest BCUT2D eigenvalue weighted by molar-refractivity contribution is 6.01. The lowest BCUT2D eigenvalue weighted by Gasteiger charge is -2.23. The molecular weight excluding hydrogens is 855 g/mol. The number of fused-ring (bicyclic) bond motifs is 3. The van der Waals surface area contributed by atoms with Gasteiger partial charge in [0.1, 0.15) is 22.9 Å². The molecule has 3 aliphatic heterocycles. The molecule has 3 saturated heterocycles. The van der Waals surface area contributed by atoms with E-state index in [2.05, 4.69) is 20.4 Å². The van der Waals surface area contributed by atoms with Crippen molar-refractivity contribution in [2.75, 3.05) is 5.73 Å². The molecule has 6 aromatic rings. The molecule has 0 aliphatic carbocycles. The van der Waals surface area contributed by atoms with E-state index in [1.807, 2.05) is 0 Å². The van der Waals surface area contributed by atoms with E-state index in [1.165, 1.54) is 47.4 Å². The summed E-state index contributed by atoms with van der Waals surface area (Å²) in [4.78, 5) is 124. The van der Waals surface area contributed by atoms with Crippen LogP contribution in [-0.4, -0.2) is 60.5 Å². The minimum absolute atomic E-state index is 0.0139. The van der Waals surface area contributed by atoms with Crippen LogP contribution < -0.4 is 44.2 Å². The summed E-state index contributed by atoms with van der Waals surface area (Å²) in [6, 6.07) is 16.8. The average Bonchev–Trinajstić information content (AvgIpc) is 3.26. The number of nitrogens with two attached hydrogens (primary N) is 2. The van der Waals surface area contributed by atoms with Gasteiger partial charge in [-0.15, -0.1) is 0 Å². The number of amides is 6. The lowest BCUT2D eigenvalue weighted by Crippen LogP contribution is -2.48. The van der Waals surface area contributed by atoms with Gasteiger partial charge in [-0.25, -0.2) is 4.79 Å². The van der Waals surface area contributed by atoms with Crippen LogP contribution >= 0.6 is 0 Å². The SMILES string of the molecule is NC1CCC(=O)NC1=O.Nc1cccc2ccn(C3CCC(=O)NC3=O)c(=O)c12.O=C1CCC(n2ccc3cccc([N+](=O)[O-])c3c2=O)C(=O)N1.O=c1occc2cccc([N+](=O)[O-])c12. The average molecular weight is 892 g/mol. The number of hydrogen-bond donors (Lipinski definition) is 5. The lowest BCUT2D eigenvalue weighted by molar-refractivity contribution is -0.383. The van der Waals surface area contributed by atoms with Crippen LogP contribution in [0.5, 0.6) is 0 Å². The first-order chi connectivity index (χ1) is 31.0. The number of piperidine rings is 3. The van der Waals surface area contributed by atoms with E-state index in [0.29, 0.717) is 41.1 Å². The molecule has 3 aromatic carbocycles. The molecule has 23 nitrogen and oxygen atoms in total. The van der Waals surface area contributed by atoms with E-state index in [-0.39, 0.29) is 70.6 Å². The number of pyridine rings is 2. The topological polar surface area (TPSA) is 351 Å². The zero-order chi connectivity index (χ0) is 47.1. The summed E-state index contributed by atoms with van der Waals surface area (Å²) in [5, 5.41) is 30.3. The maximum atomic E-state index is 12.6. The summed E-state index contributed by atoms with van der Waals surface area (Å²) >= 11 is 0. The van der Waals surface area contributed by atoms with Crippen LogP contribution in [0.3, 0.4) is 0 Å². The van der Waals surface area contributed by atoms with Crippen LogP contribution in [0.25, 0.3) is 32.3 Å². The fraction of sp³-hybridized carbons (Fsp3) is 0.214. The number of hydrogen-bond acceptors (Lipinski definition) is 16. The third kappa shape index (κ3) is 10.2. The number of nitro groups is 2. The van der Waals surface area contributed by atoms with Crippen molar-refractivity contribution in [2.24, 2.45) is 5.73 Å². The Kier molecular flexibility index (Phi) is 13.8. The Hall–Kier alpha value is -8.73. The van der Waals surface area contributed by atoms with Crippen LogP contribution in [0.2, 0.25) is 0 Å². The molecule has 65 heavy (non-hydrogen) atoms. The Bertz CT molecular complexity index is 3130. The number of carbonyl (C=O) groups is 6. The smallest absolute Gasteiger partial charge is 0.350 e. The Morgan fingerprint density at radius 3 is 1.46 bits per heavy atom. The van der Waals surface area contributed by atoms with Crippen molar-refractivity contribution in [3.05, 3.63) is 143 Å². The van der Waals surface area contributed by atoms with Crippen LogP contribution in [-0.2, 0) is 28.8 Å². The van der Waals surface area contributed by atoms with Gasteiger partial charge in [-0.1, -0.05) is 36.4 Å². The van der Waals surface area contributed by atoms with Crippen molar-refractivity contribution >= 4 is 84.8 Å². The number of carbonyl (C=O) groups excluding carboxylic acids is 6. The fourth-order valence-corrected chi connectivity index (χ4v) is 7.17. The number of nitro benzene ring substituents is 2. The normalized spacial score (nSPS) is 18.1. The van der Waals surface area contributed by atoms with Gasteiger partial charge in [-0.05, 0) is 59.7 Å². The maximum absolute atomic E-state index is 12.6. The van der Waals surface area contributed by atoms with E-state index >= 15 is 0 Å². The number of nitrogen functional groups attached to an aromatic ring is 1. The van der Waals surface area contributed by atoms with Gasteiger partial charge in [0.05, 0.1) is 27.5 Å². The number of imide groups is 3. The van der Waals surface area contributed by atoms with Crippen molar-refractivity contribution in [2.45, 2.75) is 56.7 Å². The molecule has 3 aromatic heterocycles. The third-order valence-electron chi connectivity index (χ3n) is 10.4. The van der Waals surface area contributed by atoms with Crippen molar-refractivity contribution in [3.63, 3.8) is 0 Å². The molecule has 3 aliphatic rings. The molecular formula is C42H37N9O14.